The van der Waals surface area contributed by atoms with Crippen LogP contribution in [0.1, 0.15) is 31.2 Å². The molecule has 2 N–H and O–H groups in total. The monoisotopic (exact) mass is 341 g/mol. The van der Waals surface area contributed by atoms with E-state index in [4.69, 9.17) is 5.11 Å². The Morgan fingerprint density at radius 1 is 1.40 bits per heavy atom. The Kier molecular flexibility index (Phi) is 4.83. The van der Waals surface area contributed by atoms with Crippen LogP contribution in [0.15, 0.2) is 28.7 Å². The number of nitrogens with zero attached hydrogens (tertiary/aromatic N) is 1. The van der Waals surface area contributed by atoms with Gasteiger partial charge < -0.3 is 10.2 Å². The molecule has 20 heavy (non-hydrogen) atoms. The Morgan fingerprint density at radius 3 is 2.55 bits per heavy atom. The summed E-state index contributed by atoms with van der Waals surface area (Å²) in [6.07, 6.45) is 1.97. The smallest absolute Gasteiger partial charge is 0.336 e. The summed E-state index contributed by atoms with van der Waals surface area (Å²) in [6, 6.07) is 8.24. The van der Waals surface area contributed by atoms with E-state index in [-0.39, 0.29) is 6.54 Å². The average molecular weight is 342 g/mol. The minimum atomic E-state index is -1.67. The molecule has 1 aromatic rings. The molecule has 1 atom stereocenters. The zero-order valence-corrected chi connectivity index (χ0v) is 13.1. The van der Waals surface area contributed by atoms with Crippen molar-refractivity contribution in [1.29, 1.82) is 0 Å². The molecule has 1 aliphatic rings. The maximum Gasteiger partial charge on any atom is 0.336 e. The summed E-state index contributed by atoms with van der Waals surface area (Å²) in [6.45, 7) is 3.17. The molecule has 1 heterocycles. The van der Waals surface area contributed by atoms with Gasteiger partial charge in [-0.1, -0.05) is 34.1 Å². The second kappa shape index (κ2) is 6.24. The van der Waals surface area contributed by atoms with Crippen LogP contribution in [0.5, 0.6) is 0 Å². The summed E-state index contributed by atoms with van der Waals surface area (Å²) >= 11 is 3.58. The number of aliphatic hydroxyl groups is 1. The second-order valence-corrected chi connectivity index (χ2v) is 6.51. The van der Waals surface area contributed by atoms with Gasteiger partial charge in [0.1, 0.15) is 0 Å². The minimum Gasteiger partial charge on any atom is -0.479 e. The largest absolute Gasteiger partial charge is 0.479 e. The van der Waals surface area contributed by atoms with Crippen molar-refractivity contribution < 1.29 is 15.0 Å². The Morgan fingerprint density at radius 2 is 2.00 bits per heavy atom. The number of carbonyl (C=O) groups is 1. The van der Waals surface area contributed by atoms with Crippen molar-refractivity contribution in [1.82, 2.24) is 4.90 Å². The number of hydrogen-bond acceptors (Lipinski definition) is 3. The highest BCUT2D eigenvalue weighted by atomic mass is 79.9. The van der Waals surface area contributed by atoms with E-state index in [1.165, 1.54) is 12.5 Å². The highest BCUT2D eigenvalue weighted by Gasteiger charge is 2.34. The van der Waals surface area contributed by atoms with Gasteiger partial charge in [-0.05, 0) is 50.4 Å². The third-order valence-corrected chi connectivity index (χ3v) is 4.65. The molecule has 0 spiro atoms. The van der Waals surface area contributed by atoms with Crippen LogP contribution >= 0.6 is 15.9 Å². The summed E-state index contributed by atoms with van der Waals surface area (Å²) in [5, 5.41) is 18.8. The number of carboxylic acid groups (broad SMARTS) is 1. The van der Waals surface area contributed by atoms with E-state index in [1.807, 2.05) is 17.0 Å². The van der Waals surface area contributed by atoms with Gasteiger partial charge in [-0.2, -0.15) is 0 Å². The third-order valence-electron chi connectivity index (χ3n) is 3.92. The molecule has 0 amide bonds. The van der Waals surface area contributed by atoms with Crippen molar-refractivity contribution in [3.05, 3.63) is 34.3 Å². The molecule has 0 aliphatic carbocycles. The molecule has 0 bridgehead atoms. The van der Waals surface area contributed by atoms with E-state index in [2.05, 4.69) is 28.1 Å². The van der Waals surface area contributed by atoms with Crippen molar-refractivity contribution in [2.75, 3.05) is 19.6 Å². The van der Waals surface area contributed by atoms with E-state index in [9.17, 15) is 9.90 Å². The number of aliphatic carboxylic acids is 1. The van der Waals surface area contributed by atoms with Crippen molar-refractivity contribution in [2.24, 2.45) is 0 Å². The first-order valence-corrected chi connectivity index (χ1v) is 7.62. The fraction of sp³-hybridized carbons (Fsp3) is 0.533. The van der Waals surface area contributed by atoms with Gasteiger partial charge in [0, 0.05) is 11.0 Å². The Bertz CT molecular complexity index is 482. The van der Waals surface area contributed by atoms with Crippen LogP contribution < -0.4 is 0 Å². The Labute approximate surface area is 127 Å². The fourth-order valence-electron chi connectivity index (χ4n) is 2.71. The van der Waals surface area contributed by atoms with Gasteiger partial charge in [0.2, 0.25) is 0 Å². The first-order valence-electron chi connectivity index (χ1n) is 6.83. The van der Waals surface area contributed by atoms with Crippen molar-refractivity contribution in [3.8, 4) is 0 Å². The van der Waals surface area contributed by atoms with Crippen molar-refractivity contribution in [3.63, 3.8) is 0 Å². The zero-order chi connectivity index (χ0) is 14.8. The first-order chi connectivity index (χ1) is 9.40. The molecular weight excluding hydrogens is 322 g/mol. The van der Waals surface area contributed by atoms with Crippen molar-refractivity contribution in [2.45, 2.75) is 31.3 Å². The van der Waals surface area contributed by atoms with Crippen molar-refractivity contribution >= 4 is 21.9 Å². The number of rotatable bonds is 4. The standard InChI is InChI=1S/C15H20BrNO3/c1-15(20,14(18)19)10-17-8-6-11(7-9-17)12-4-2-3-5-13(12)16/h2-5,11,20H,6-10H2,1H3,(H,18,19). The maximum absolute atomic E-state index is 10.9. The highest BCUT2D eigenvalue weighted by Crippen LogP contribution is 2.33. The normalized spacial score (nSPS) is 20.6. The summed E-state index contributed by atoms with van der Waals surface area (Å²) in [7, 11) is 0. The van der Waals surface area contributed by atoms with Crippen LogP contribution in [0.25, 0.3) is 0 Å². The Balaban J connectivity index is 1.93. The van der Waals surface area contributed by atoms with Gasteiger partial charge in [-0.25, -0.2) is 4.79 Å². The number of benzene rings is 1. The number of hydrogen-bond donors (Lipinski definition) is 2. The summed E-state index contributed by atoms with van der Waals surface area (Å²) in [5.41, 5.74) is -0.350. The van der Waals surface area contributed by atoms with Gasteiger partial charge in [0.15, 0.2) is 5.60 Å². The third kappa shape index (κ3) is 3.59. The molecule has 5 heteroatoms. The summed E-state index contributed by atoms with van der Waals surface area (Å²) < 4.78 is 1.14. The SMILES string of the molecule is CC(O)(CN1CCC(c2ccccc2Br)CC1)C(=O)O. The maximum atomic E-state index is 10.9. The number of likely N-dealkylation sites (tertiary alicyclic amines) is 1. The Hall–Kier alpha value is -0.910. The molecule has 1 saturated heterocycles. The average Bonchev–Trinajstić information content (AvgIpc) is 2.40. The van der Waals surface area contributed by atoms with Crippen LogP contribution in [0.2, 0.25) is 0 Å². The number of piperidine rings is 1. The van der Waals surface area contributed by atoms with Gasteiger partial charge in [0.25, 0.3) is 0 Å². The molecule has 1 aliphatic heterocycles. The van der Waals surface area contributed by atoms with E-state index in [1.54, 1.807) is 0 Å². The first kappa shape index (κ1) is 15.5. The lowest BCUT2D eigenvalue weighted by Crippen LogP contribution is -2.48. The second-order valence-electron chi connectivity index (χ2n) is 5.65. The topological polar surface area (TPSA) is 60.8 Å². The van der Waals surface area contributed by atoms with Crippen LogP contribution in [-0.2, 0) is 4.79 Å². The molecule has 0 radical (unpaired) electrons. The van der Waals surface area contributed by atoms with Gasteiger partial charge >= 0.3 is 5.97 Å². The molecule has 1 fully saturated rings. The van der Waals surface area contributed by atoms with E-state index in [0.717, 1.165) is 30.4 Å². The molecular formula is C15H20BrNO3. The number of carboxylic acids is 1. The lowest BCUT2D eigenvalue weighted by Gasteiger charge is -2.35. The highest BCUT2D eigenvalue weighted by molar-refractivity contribution is 9.10. The fourth-order valence-corrected chi connectivity index (χ4v) is 3.32. The van der Waals surface area contributed by atoms with E-state index < -0.39 is 11.6 Å². The number of halogens is 1. The molecule has 1 unspecified atom stereocenters. The molecule has 2 rings (SSSR count). The summed E-state index contributed by atoms with van der Waals surface area (Å²) in [5.74, 6) is -0.665. The molecule has 110 valence electrons. The van der Waals surface area contributed by atoms with Gasteiger partial charge in [0.05, 0.1) is 0 Å². The zero-order valence-electron chi connectivity index (χ0n) is 11.6. The lowest BCUT2D eigenvalue weighted by atomic mass is 9.89. The van der Waals surface area contributed by atoms with E-state index in [0.29, 0.717) is 5.92 Å². The molecule has 0 saturated carbocycles. The molecule has 1 aromatic carbocycles. The van der Waals surface area contributed by atoms with Crippen LogP contribution in [0.4, 0.5) is 0 Å². The predicted molar refractivity (Wildman–Crippen MR) is 80.8 cm³/mol. The lowest BCUT2D eigenvalue weighted by molar-refractivity contribution is -0.158. The molecule has 0 aromatic heterocycles. The minimum absolute atomic E-state index is 0.186. The summed E-state index contributed by atoms with van der Waals surface area (Å²) in [4.78, 5) is 13.0. The number of β-amino-alcohol motifs (C(OH)–C–C–N with tert-alkyl or cyclic N) is 1. The quantitative estimate of drug-likeness (QED) is 0.883. The predicted octanol–water partition coefficient (Wildman–Crippen LogP) is 2.46. The van der Waals surface area contributed by atoms with E-state index >= 15 is 0 Å². The molecule has 4 nitrogen and oxygen atoms in total. The van der Waals surface area contributed by atoms with Gasteiger partial charge in [-0.3, -0.25) is 4.90 Å². The van der Waals surface area contributed by atoms with Crippen LogP contribution in [-0.4, -0.2) is 46.3 Å². The van der Waals surface area contributed by atoms with Gasteiger partial charge in [-0.15, -0.1) is 0 Å². The van der Waals surface area contributed by atoms with Crippen LogP contribution in [0.3, 0.4) is 0 Å². The van der Waals surface area contributed by atoms with Crippen LogP contribution in [0, 0.1) is 0 Å².